The highest BCUT2D eigenvalue weighted by molar-refractivity contribution is 8.02. The molecule has 1 heterocycles. The van der Waals surface area contributed by atoms with Gasteiger partial charge in [0.05, 0.1) is 10.4 Å². The lowest BCUT2D eigenvalue weighted by atomic mass is 10.1. The molecule has 1 aromatic carbocycles. The van der Waals surface area contributed by atoms with Crippen LogP contribution < -0.4 is 10.2 Å². The van der Waals surface area contributed by atoms with Gasteiger partial charge in [0.2, 0.25) is 0 Å². The highest BCUT2D eigenvalue weighted by Gasteiger charge is 2.25. The second-order valence-corrected chi connectivity index (χ2v) is 10.7. The van der Waals surface area contributed by atoms with Crippen LogP contribution in [0, 0.1) is 5.92 Å². The summed E-state index contributed by atoms with van der Waals surface area (Å²) in [5, 5.41) is 11.7. The van der Waals surface area contributed by atoms with Gasteiger partial charge in [-0.05, 0) is 43.9 Å². The first kappa shape index (κ1) is 24.1. The molecule has 172 valence electrons. The molecule has 32 heavy (non-hydrogen) atoms. The fourth-order valence-electron chi connectivity index (χ4n) is 3.58. The average molecular weight is 477 g/mol. The summed E-state index contributed by atoms with van der Waals surface area (Å²) in [6.45, 7) is 2.17. The largest absolute Gasteiger partial charge is 0.480 e. The maximum absolute atomic E-state index is 13.2. The summed E-state index contributed by atoms with van der Waals surface area (Å²) in [5.41, 5.74) is 1.18. The summed E-state index contributed by atoms with van der Waals surface area (Å²) < 4.78 is 0.719. The second kappa shape index (κ2) is 10.8. The zero-order valence-electron chi connectivity index (χ0n) is 18.4. The molecular weight excluding hydrogens is 448 g/mol. The molecule has 0 bridgehead atoms. The monoisotopic (exact) mass is 476 g/mol. The number of rotatable bonds is 8. The lowest BCUT2D eigenvalue weighted by Crippen LogP contribution is -2.38. The van der Waals surface area contributed by atoms with Crippen LogP contribution in [0.3, 0.4) is 0 Å². The molecule has 1 atom stereocenters. The van der Waals surface area contributed by atoms with Gasteiger partial charge < -0.3 is 10.0 Å². The number of hydrogen-bond acceptors (Lipinski definition) is 6. The van der Waals surface area contributed by atoms with Crippen LogP contribution in [0.4, 0.5) is 15.6 Å². The average Bonchev–Trinajstić information content (AvgIpc) is 3.43. The first-order valence-electron chi connectivity index (χ1n) is 10.5. The number of urea groups is 1. The van der Waals surface area contributed by atoms with Crippen molar-refractivity contribution >= 4 is 51.8 Å². The van der Waals surface area contributed by atoms with Gasteiger partial charge in [0.25, 0.3) is 5.91 Å². The summed E-state index contributed by atoms with van der Waals surface area (Å²) in [6.07, 6.45) is 6.04. The molecule has 1 aromatic heterocycles. The van der Waals surface area contributed by atoms with Crippen molar-refractivity contribution in [1.82, 2.24) is 9.88 Å². The van der Waals surface area contributed by atoms with Crippen molar-refractivity contribution in [2.75, 3.05) is 30.9 Å². The van der Waals surface area contributed by atoms with E-state index in [1.165, 1.54) is 28.0 Å². The third kappa shape index (κ3) is 6.23. The van der Waals surface area contributed by atoms with E-state index in [0.29, 0.717) is 28.8 Å². The van der Waals surface area contributed by atoms with Gasteiger partial charge in [-0.15, -0.1) is 0 Å². The van der Waals surface area contributed by atoms with Crippen molar-refractivity contribution in [1.29, 1.82) is 0 Å². The number of thiazole rings is 1. The number of anilines is 2. The molecule has 1 unspecified atom stereocenters. The number of thioether (sulfide) groups is 1. The lowest BCUT2D eigenvalue weighted by molar-refractivity contribution is -0.136. The highest BCUT2D eigenvalue weighted by atomic mass is 32.2. The molecule has 1 saturated carbocycles. The summed E-state index contributed by atoms with van der Waals surface area (Å²) in [4.78, 5) is 44.2. The zero-order valence-corrected chi connectivity index (χ0v) is 20.0. The molecule has 0 radical (unpaired) electrons. The van der Waals surface area contributed by atoms with Crippen LogP contribution in [0.5, 0.6) is 0 Å². The Kier molecular flexibility index (Phi) is 8.14. The Bertz CT molecular complexity index is 972. The SMILES string of the molecule is CC(Sc1cnc(NC(=O)N(CC2CCCC2)c2cccc(C(=O)N(C)C)c2)s1)C(=O)O. The minimum atomic E-state index is -0.899. The number of nitrogens with zero attached hydrogens (tertiary/aromatic N) is 3. The fraction of sp³-hybridized carbons (Fsp3) is 0.455. The van der Waals surface area contributed by atoms with Gasteiger partial charge in [0.1, 0.15) is 5.25 Å². The van der Waals surface area contributed by atoms with E-state index in [2.05, 4.69) is 10.3 Å². The van der Waals surface area contributed by atoms with Gasteiger partial charge in [0.15, 0.2) is 5.13 Å². The Morgan fingerprint density at radius 3 is 2.66 bits per heavy atom. The number of nitrogens with one attached hydrogen (secondary N) is 1. The molecule has 2 N–H and O–H groups in total. The Morgan fingerprint density at radius 1 is 1.28 bits per heavy atom. The second-order valence-electron chi connectivity index (χ2n) is 8.02. The molecule has 0 saturated heterocycles. The number of carbonyl (C=O) groups excluding carboxylic acids is 2. The van der Waals surface area contributed by atoms with Crippen molar-refractivity contribution in [3.8, 4) is 0 Å². The van der Waals surface area contributed by atoms with Crippen molar-refractivity contribution in [2.45, 2.75) is 42.1 Å². The predicted molar refractivity (Wildman–Crippen MR) is 128 cm³/mol. The number of aromatic nitrogens is 1. The summed E-state index contributed by atoms with van der Waals surface area (Å²) >= 11 is 2.43. The van der Waals surface area contributed by atoms with Crippen LogP contribution in [0.15, 0.2) is 34.7 Å². The molecular formula is C22H28N4O4S2. The highest BCUT2D eigenvalue weighted by Crippen LogP contribution is 2.32. The van der Waals surface area contributed by atoms with E-state index in [1.54, 1.807) is 50.3 Å². The first-order valence-corrected chi connectivity index (χ1v) is 12.2. The maximum Gasteiger partial charge on any atom is 0.328 e. The van der Waals surface area contributed by atoms with Gasteiger partial charge in [-0.1, -0.05) is 42.0 Å². The third-order valence-electron chi connectivity index (χ3n) is 5.31. The Balaban J connectivity index is 1.79. The predicted octanol–water partition coefficient (Wildman–Crippen LogP) is 4.64. The van der Waals surface area contributed by atoms with E-state index in [1.807, 2.05) is 6.07 Å². The first-order chi connectivity index (χ1) is 15.2. The van der Waals surface area contributed by atoms with Gasteiger partial charge >= 0.3 is 12.0 Å². The smallest absolute Gasteiger partial charge is 0.328 e. The summed E-state index contributed by atoms with van der Waals surface area (Å²) in [5.74, 6) is -0.612. The van der Waals surface area contributed by atoms with Gasteiger partial charge in [-0.2, -0.15) is 0 Å². The number of aliphatic carboxylic acids is 1. The van der Waals surface area contributed by atoms with E-state index in [4.69, 9.17) is 5.11 Å². The molecule has 0 aliphatic heterocycles. The van der Waals surface area contributed by atoms with E-state index in [9.17, 15) is 14.4 Å². The van der Waals surface area contributed by atoms with Crippen LogP contribution >= 0.6 is 23.1 Å². The quantitative estimate of drug-likeness (QED) is 0.538. The lowest BCUT2D eigenvalue weighted by Gasteiger charge is -2.26. The molecule has 0 spiro atoms. The van der Waals surface area contributed by atoms with Crippen LogP contribution in [-0.4, -0.2) is 58.8 Å². The molecule has 2 aromatic rings. The van der Waals surface area contributed by atoms with E-state index < -0.39 is 11.2 Å². The fourth-order valence-corrected chi connectivity index (χ4v) is 5.54. The van der Waals surface area contributed by atoms with Crippen molar-refractivity contribution in [2.24, 2.45) is 5.92 Å². The third-order valence-corrected chi connectivity index (χ3v) is 7.45. The standard InChI is InChI=1S/C22H28N4O4S2/c1-14(20(28)29)31-18-12-23-21(32-18)24-22(30)26(13-15-7-4-5-8-15)17-10-6-9-16(11-17)19(27)25(2)3/h6,9-12,14-15H,4-5,7-8,13H2,1-3H3,(H,28,29)(H,23,24,30). The Labute approximate surface area is 196 Å². The normalized spacial score (nSPS) is 14.7. The number of carboxylic acids is 1. The topological polar surface area (TPSA) is 103 Å². The van der Waals surface area contributed by atoms with Crippen LogP contribution in [-0.2, 0) is 4.79 Å². The van der Waals surface area contributed by atoms with Crippen LogP contribution in [0.25, 0.3) is 0 Å². The van der Waals surface area contributed by atoms with E-state index in [-0.39, 0.29) is 11.9 Å². The molecule has 8 nitrogen and oxygen atoms in total. The summed E-state index contributed by atoms with van der Waals surface area (Å²) in [6, 6.07) is 6.79. The van der Waals surface area contributed by atoms with Crippen LogP contribution in [0.1, 0.15) is 43.0 Å². The number of hydrogen-bond donors (Lipinski definition) is 2. The molecule has 1 fully saturated rings. The number of carbonyl (C=O) groups is 3. The molecule has 1 aliphatic carbocycles. The molecule has 3 amide bonds. The van der Waals surface area contributed by atoms with Crippen molar-refractivity contribution in [3.05, 3.63) is 36.0 Å². The van der Waals surface area contributed by atoms with Gasteiger partial charge in [0, 0.05) is 31.9 Å². The molecule has 1 aliphatic rings. The molecule has 10 heteroatoms. The minimum Gasteiger partial charge on any atom is -0.480 e. The summed E-state index contributed by atoms with van der Waals surface area (Å²) in [7, 11) is 3.39. The zero-order chi connectivity index (χ0) is 23.3. The van der Waals surface area contributed by atoms with Crippen molar-refractivity contribution < 1.29 is 19.5 Å². The van der Waals surface area contributed by atoms with Gasteiger partial charge in [-0.25, -0.2) is 9.78 Å². The van der Waals surface area contributed by atoms with E-state index in [0.717, 1.165) is 29.9 Å². The molecule has 3 rings (SSSR count). The minimum absolute atomic E-state index is 0.123. The number of amides is 3. The van der Waals surface area contributed by atoms with Gasteiger partial charge in [-0.3, -0.25) is 19.8 Å². The maximum atomic E-state index is 13.2. The van der Waals surface area contributed by atoms with E-state index >= 15 is 0 Å². The number of carboxylic acid groups (broad SMARTS) is 1. The van der Waals surface area contributed by atoms with Crippen LogP contribution in [0.2, 0.25) is 0 Å². The Hall–Kier alpha value is -2.59. The van der Waals surface area contributed by atoms with Crippen molar-refractivity contribution in [3.63, 3.8) is 0 Å². The number of benzene rings is 1. The Morgan fingerprint density at radius 2 is 2.00 bits per heavy atom.